The van der Waals surface area contributed by atoms with E-state index in [9.17, 15) is 24.0 Å². The molecule has 0 saturated heterocycles. The number of hydrogen-bond acceptors (Lipinski definition) is 9. The minimum atomic E-state index is -1.00. The molecule has 274 valence electrons. The van der Waals surface area contributed by atoms with Gasteiger partial charge >= 0.3 is 0 Å². The lowest BCUT2D eigenvalue weighted by atomic mass is 10.0. The highest BCUT2D eigenvalue weighted by molar-refractivity contribution is 5.93. The Bertz CT molecular complexity index is 1690. The molecule has 0 aliphatic carbocycles. The first-order valence-corrected chi connectivity index (χ1v) is 17.0. The van der Waals surface area contributed by atoms with E-state index < -0.39 is 35.8 Å². The van der Waals surface area contributed by atoms with Gasteiger partial charge in [-0.05, 0) is 50.3 Å². The topological polar surface area (TPSA) is 186 Å². The molecule has 15 heteroatoms. The van der Waals surface area contributed by atoms with Crippen molar-refractivity contribution < 1.29 is 33.4 Å². The number of nitrogens with one attached hydrogen (secondary N) is 4. The van der Waals surface area contributed by atoms with Crippen LogP contribution in [0.1, 0.15) is 58.0 Å². The lowest BCUT2D eigenvalue weighted by Gasteiger charge is -2.25. The van der Waals surface area contributed by atoms with E-state index in [0.29, 0.717) is 41.6 Å². The van der Waals surface area contributed by atoms with Crippen LogP contribution in [0.2, 0.25) is 0 Å². The van der Waals surface area contributed by atoms with E-state index in [2.05, 4.69) is 31.3 Å². The number of hydrogen-bond donors (Lipinski definition) is 4. The number of benzene rings is 2. The van der Waals surface area contributed by atoms with Crippen LogP contribution >= 0.6 is 0 Å². The highest BCUT2D eigenvalue weighted by atomic mass is 16.5. The maximum absolute atomic E-state index is 13.6. The van der Waals surface area contributed by atoms with E-state index in [4.69, 9.17) is 9.47 Å². The number of methoxy groups -OCH3 is 2. The molecule has 2 aromatic carbocycles. The van der Waals surface area contributed by atoms with Crippen LogP contribution in [-0.4, -0.2) is 95.1 Å². The Kier molecular flexibility index (Phi) is 13.5. The molecule has 3 aromatic rings. The first kappa shape index (κ1) is 38.3. The van der Waals surface area contributed by atoms with Crippen LogP contribution in [0.15, 0.2) is 48.5 Å². The van der Waals surface area contributed by atoms with Gasteiger partial charge in [0.1, 0.15) is 24.5 Å². The van der Waals surface area contributed by atoms with Crippen LogP contribution in [0.4, 0.5) is 0 Å². The highest BCUT2D eigenvalue weighted by Crippen LogP contribution is 2.28. The molecule has 0 spiro atoms. The minimum absolute atomic E-state index is 0.0287. The third-order valence-electron chi connectivity index (χ3n) is 8.30. The number of rotatable bonds is 7. The third-order valence-corrected chi connectivity index (χ3v) is 8.30. The highest BCUT2D eigenvalue weighted by Gasteiger charge is 2.29. The third kappa shape index (κ3) is 10.8. The van der Waals surface area contributed by atoms with E-state index in [1.807, 2.05) is 44.2 Å². The summed E-state index contributed by atoms with van der Waals surface area (Å²) in [6.07, 6.45) is 0.641. The van der Waals surface area contributed by atoms with Crippen molar-refractivity contribution in [3.05, 3.63) is 59.9 Å². The van der Waals surface area contributed by atoms with E-state index >= 15 is 0 Å². The molecule has 2 heterocycles. The Balaban J connectivity index is 1.60. The van der Waals surface area contributed by atoms with Crippen molar-refractivity contribution in [2.24, 2.45) is 5.92 Å². The molecule has 0 radical (unpaired) electrons. The summed E-state index contributed by atoms with van der Waals surface area (Å²) < 4.78 is 12.1. The van der Waals surface area contributed by atoms with Crippen molar-refractivity contribution >= 4 is 29.5 Å². The molecule has 5 amide bonds. The average Bonchev–Trinajstić information content (AvgIpc) is 3.52. The largest absolute Gasteiger partial charge is 0.493 e. The second kappa shape index (κ2) is 18.0. The number of carbonyl (C=O) groups is 5. The van der Waals surface area contributed by atoms with Crippen LogP contribution in [0.5, 0.6) is 11.5 Å². The fourth-order valence-electron chi connectivity index (χ4n) is 5.66. The number of nitrogens with zero attached hydrogens (tertiary/aromatic N) is 4. The number of ether oxygens (including phenoxy) is 2. The summed E-state index contributed by atoms with van der Waals surface area (Å²) in [4.78, 5) is 72.9. The molecule has 15 nitrogen and oxygen atoms in total. The van der Waals surface area contributed by atoms with Gasteiger partial charge < -0.3 is 35.6 Å². The molecule has 4 rings (SSSR count). The van der Waals surface area contributed by atoms with Crippen molar-refractivity contribution in [1.82, 2.24) is 40.9 Å². The molecule has 1 aromatic heterocycles. The summed E-state index contributed by atoms with van der Waals surface area (Å²) in [7, 11) is 3.02. The summed E-state index contributed by atoms with van der Waals surface area (Å²) in [6.45, 7) is 6.96. The fourth-order valence-corrected chi connectivity index (χ4v) is 5.66. The molecule has 0 bridgehead atoms. The Morgan fingerprint density at radius 2 is 1.61 bits per heavy atom. The maximum Gasteiger partial charge on any atom is 0.243 e. The van der Waals surface area contributed by atoms with Crippen molar-refractivity contribution in [3.8, 4) is 22.9 Å². The standard InChI is InChI=1S/C36H48N8O7/c1-22(2)17-27-36(49)39-23(3)34-41-33(26-11-8-7-9-12-26)42-44(34)21-30(45)37-15-10-16-43(20-31(46)38-24(4)35(48)40-27)32(47)19-25-13-14-28(50-5)29(18-25)51-6/h7-9,11-14,18,22-24,27H,10,15-17,19-21H2,1-6H3,(H,37,45)(H,38,46)(H,39,49)(H,40,48)/t23-,24+,27+/m0/s1. The summed E-state index contributed by atoms with van der Waals surface area (Å²) in [6, 6.07) is 11.8. The summed E-state index contributed by atoms with van der Waals surface area (Å²) in [5.74, 6) is -0.472. The van der Waals surface area contributed by atoms with Gasteiger partial charge in [-0.3, -0.25) is 24.0 Å². The van der Waals surface area contributed by atoms with Crippen molar-refractivity contribution in [2.45, 2.75) is 71.6 Å². The van der Waals surface area contributed by atoms with E-state index in [1.54, 1.807) is 25.1 Å². The second-order valence-corrected chi connectivity index (χ2v) is 12.9. The zero-order valence-corrected chi connectivity index (χ0v) is 30.0. The lowest BCUT2D eigenvalue weighted by Crippen LogP contribution is -2.54. The second-order valence-electron chi connectivity index (χ2n) is 12.9. The molecule has 1 aliphatic heterocycles. The number of aromatic nitrogens is 3. The minimum Gasteiger partial charge on any atom is -0.493 e. The average molecular weight is 705 g/mol. The Hall–Kier alpha value is -5.47. The normalized spacial score (nSPS) is 19.7. The number of amides is 5. The van der Waals surface area contributed by atoms with Gasteiger partial charge in [-0.2, -0.15) is 5.10 Å². The van der Waals surface area contributed by atoms with Gasteiger partial charge in [0.15, 0.2) is 17.3 Å². The summed E-state index contributed by atoms with van der Waals surface area (Å²) in [5, 5.41) is 15.8. The molecular weight excluding hydrogens is 656 g/mol. The molecule has 0 fully saturated rings. The zero-order valence-electron chi connectivity index (χ0n) is 30.0. The smallest absolute Gasteiger partial charge is 0.243 e. The van der Waals surface area contributed by atoms with Crippen LogP contribution in [0, 0.1) is 5.92 Å². The molecule has 3 atom stereocenters. The lowest BCUT2D eigenvalue weighted by molar-refractivity contribution is -0.137. The Labute approximate surface area is 297 Å². The van der Waals surface area contributed by atoms with Gasteiger partial charge in [-0.25, -0.2) is 9.67 Å². The van der Waals surface area contributed by atoms with Crippen LogP contribution in [0.25, 0.3) is 11.4 Å². The first-order valence-electron chi connectivity index (χ1n) is 17.0. The van der Waals surface area contributed by atoms with Gasteiger partial charge in [0.2, 0.25) is 29.5 Å². The van der Waals surface area contributed by atoms with E-state index in [-0.39, 0.29) is 50.3 Å². The van der Waals surface area contributed by atoms with Crippen LogP contribution < -0.4 is 30.7 Å². The van der Waals surface area contributed by atoms with E-state index in [0.717, 1.165) is 5.56 Å². The number of carbonyl (C=O) groups excluding carboxylic acids is 5. The summed E-state index contributed by atoms with van der Waals surface area (Å²) >= 11 is 0. The molecular formula is C36H48N8O7. The van der Waals surface area contributed by atoms with Gasteiger partial charge in [0.25, 0.3) is 0 Å². The monoisotopic (exact) mass is 704 g/mol. The first-order chi connectivity index (χ1) is 24.4. The van der Waals surface area contributed by atoms with Gasteiger partial charge in [-0.15, -0.1) is 0 Å². The fraction of sp³-hybridized carbons (Fsp3) is 0.472. The summed E-state index contributed by atoms with van der Waals surface area (Å²) in [5.41, 5.74) is 1.39. The molecule has 0 unspecified atom stereocenters. The predicted octanol–water partition coefficient (Wildman–Crippen LogP) is 1.77. The zero-order chi connectivity index (χ0) is 37.1. The molecule has 0 saturated carbocycles. The molecule has 4 N–H and O–H groups in total. The van der Waals surface area contributed by atoms with Gasteiger partial charge in [-0.1, -0.05) is 50.2 Å². The molecule has 51 heavy (non-hydrogen) atoms. The number of fused-ring (bicyclic) bond motifs is 1. The SMILES string of the molecule is COc1ccc(CC(=O)N2CCCNC(=O)Cn3nc(-c4ccccc4)nc3[C@H](C)NC(=O)[C@@H](CC(C)C)NC(=O)[C@@H](C)NC(=O)C2)cc1OC. The molecule has 1 aliphatic rings. The maximum atomic E-state index is 13.6. The predicted molar refractivity (Wildman–Crippen MR) is 188 cm³/mol. The Morgan fingerprint density at radius 1 is 0.882 bits per heavy atom. The van der Waals surface area contributed by atoms with Crippen molar-refractivity contribution in [2.75, 3.05) is 33.9 Å². The Morgan fingerprint density at radius 3 is 2.29 bits per heavy atom. The van der Waals surface area contributed by atoms with E-state index in [1.165, 1.54) is 30.7 Å². The van der Waals surface area contributed by atoms with Gasteiger partial charge in [0, 0.05) is 18.7 Å². The quantitative estimate of drug-likeness (QED) is 0.285. The van der Waals surface area contributed by atoms with Gasteiger partial charge in [0.05, 0.1) is 33.2 Å². The van der Waals surface area contributed by atoms with Crippen LogP contribution in [0.3, 0.4) is 0 Å². The van der Waals surface area contributed by atoms with Crippen molar-refractivity contribution in [3.63, 3.8) is 0 Å². The van der Waals surface area contributed by atoms with Crippen LogP contribution in [-0.2, 0) is 36.9 Å². The van der Waals surface area contributed by atoms with Crippen molar-refractivity contribution in [1.29, 1.82) is 0 Å².